The molecule has 0 spiro atoms. The molecule has 4 heteroatoms. The van der Waals surface area contributed by atoms with Gasteiger partial charge in [0.05, 0.1) is 7.11 Å². The third-order valence-electron chi connectivity index (χ3n) is 3.26. The highest BCUT2D eigenvalue weighted by Crippen LogP contribution is 2.29. The molecule has 0 saturated carbocycles. The molecule has 0 heterocycles. The molecule has 0 aliphatic carbocycles. The maximum absolute atomic E-state index is 6.04. The first-order valence-electron chi connectivity index (χ1n) is 6.39. The molecule has 0 amide bonds. The highest BCUT2D eigenvalue weighted by molar-refractivity contribution is 9.10. The Balaban J connectivity index is 2.24. The van der Waals surface area contributed by atoms with Gasteiger partial charge < -0.3 is 10.1 Å². The van der Waals surface area contributed by atoms with Crippen molar-refractivity contribution >= 4 is 27.5 Å². The first-order chi connectivity index (χ1) is 9.63. The molecule has 0 fully saturated rings. The zero-order valence-electron chi connectivity index (χ0n) is 11.5. The monoisotopic (exact) mass is 353 g/mol. The van der Waals surface area contributed by atoms with E-state index >= 15 is 0 Å². The molecule has 1 unspecified atom stereocenters. The van der Waals surface area contributed by atoms with Crippen LogP contribution in [0, 0.1) is 0 Å². The lowest BCUT2D eigenvalue weighted by molar-refractivity contribution is 0.414. The summed E-state index contributed by atoms with van der Waals surface area (Å²) < 4.78 is 6.27. The zero-order chi connectivity index (χ0) is 14.5. The summed E-state index contributed by atoms with van der Waals surface area (Å²) in [5.74, 6) is 0.846. The SMILES string of the molecule is CNC(Cc1cccc(Cl)c1)c1ccc(OC)cc1Br. The van der Waals surface area contributed by atoms with Crippen LogP contribution in [0.3, 0.4) is 0 Å². The lowest BCUT2D eigenvalue weighted by atomic mass is 9.99. The fourth-order valence-corrected chi connectivity index (χ4v) is 3.03. The number of likely N-dealkylation sites (N-methyl/N-ethyl adjacent to an activating group) is 1. The van der Waals surface area contributed by atoms with Crippen molar-refractivity contribution in [2.75, 3.05) is 14.2 Å². The summed E-state index contributed by atoms with van der Waals surface area (Å²) in [5.41, 5.74) is 2.41. The number of methoxy groups -OCH3 is 1. The molecule has 2 rings (SSSR count). The van der Waals surface area contributed by atoms with E-state index < -0.39 is 0 Å². The summed E-state index contributed by atoms with van der Waals surface area (Å²) in [4.78, 5) is 0. The Bertz CT molecular complexity index is 588. The number of ether oxygens (including phenoxy) is 1. The number of hydrogen-bond donors (Lipinski definition) is 1. The van der Waals surface area contributed by atoms with E-state index in [4.69, 9.17) is 16.3 Å². The molecule has 1 atom stereocenters. The summed E-state index contributed by atoms with van der Waals surface area (Å²) in [5, 5.41) is 4.12. The van der Waals surface area contributed by atoms with Crippen LogP contribution in [0.1, 0.15) is 17.2 Å². The minimum Gasteiger partial charge on any atom is -0.497 e. The minimum atomic E-state index is 0.216. The molecule has 0 aliphatic heterocycles. The zero-order valence-corrected chi connectivity index (χ0v) is 13.8. The predicted molar refractivity (Wildman–Crippen MR) is 87.7 cm³/mol. The van der Waals surface area contributed by atoms with Crippen molar-refractivity contribution in [2.45, 2.75) is 12.5 Å². The molecule has 2 aromatic rings. The Morgan fingerprint density at radius 3 is 2.65 bits per heavy atom. The Morgan fingerprint density at radius 2 is 2.05 bits per heavy atom. The molecule has 2 nitrogen and oxygen atoms in total. The van der Waals surface area contributed by atoms with Gasteiger partial charge in [-0.2, -0.15) is 0 Å². The van der Waals surface area contributed by atoms with Crippen LogP contribution < -0.4 is 10.1 Å². The first-order valence-corrected chi connectivity index (χ1v) is 7.56. The van der Waals surface area contributed by atoms with Gasteiger partial charge in [-0.25, -0.2) is 0 Å². The molecule has 0 saturated heterocycles. The van der Waals surface area contributed by atoms with Crippen molar-refractivity contribution in [1.29, 1.82) is 0 Å². The summed E-state index contributed by atoms with van der Waals surface area (Å²) >= 11 is 9.65. The van der Waals surface area contributed by atoms with Gasteiger partial charge in [0, 0.05) is 15.5 Å². The van der Waals surface area contributed by atoms with Crippen LogP contribution in [0.4, 0.5) is 0 Å². The van der Waals surface area contributed by atoms with Gasteiger partial charge in [-0.05, 0) is 48.9 Å². The molecule has 0 bridgehead atoms. The molecule has 0 aromatic heterocycles. The standard InChI is InChI=1S/C16H17BrClNO/c1-19-16(9-11-4-3-5-12(18)8-11)14-7-6-13(20-2)10-15(14)17/h3-8,10,16,19H,9H2,1-2H3. The number of halogens is 2. The van der Waals surface area contributed by atoms with Gasteiger partial charge in [-0.15, -0.1) is 0 Å². The summed E-state index contributed by atoms with van der Waals surface area (Å²) in [7, 11) is 3.63. The highest BCUT2D eigenvalue weighted by atomic mass is 79.9. The third-order valence-corrected chi connectivity index (χ3v) is 4.18. The molecule has 0 radical (unpaired) electrons. The predicted octanol–water partition coefficient (Wildman–Crippen LogP) is 4.61. The van der Waals surface area contributed by atoms with E-state index in [0.29, 0.717) is 0 Å². The van der Waals surface area contributed by atoms with Crippen molar-refractivity contribution in [3.05, 3.63) is 63.1 Å². The van der Waals surface area contributed by atoms with Gasteiger partial charge in [0.2, 0.25) is 0 Å². The van der Waals surface area contributed by atoms with Crippen LogP contribution in [-0.4, -0.2) is 14.2 Å². The quantitative estimate of drug-likeness (QED) is 0.846. The number of rotatable bonds is 5. The molecule has 0 aliphatic rings. The van der Waals surface area contributed by atoms with Gasteiger partial charge in [-0.1, -0.05) is 45.7 Å². The van der Waals surface area contributed by atoms with E-state index in [1.807, 2.05) is 37.4 Å². The Kier molecular flexibility index (Phi) is 5.46. The topological polar surface area (TPSA) is 21.3 Å². The van der Waals surface area contributed by atoms with Crippen molar-refractivity contribution in [3.63, 3.8) is 0 Å². The van der Waals surface area contributed by atoms with Crippen LogP contribution in [0.15, 0.2) is 46.9 Å². The summed E-state index contributed by atoms with van der Waals surface area (Å²) in [6, 6.07) is 14.2. The van der Waals surface area contributed by atoms with Gasteiger partial charge in [0.15, 0.2) is 0 Å². The highest BCUT2D eigenvalue weighted by Gasteiger charge is 2.14. The van der Waals surface area contributed by atoms with Crippen LogP contribution >= 0.6 is 27.5 Å². The van der Waals surface area contributed by atoms with E-state index in [1.165, 1.54) is 11.1 Å². The molecule has 2 aromatic carbocycles. The molecule has 20 heavy (non-hydrogen) atoms. The third kappa shape index (κ3) is 3.75. The van der Waals surface area contributed by atoms with Crippen molar-refractivity contribution < 1.29 is 4.74 Å². The average molecular weight is 355 g/mol. The Morgan fingerprint density at radius 1 is 1.25 bits per heavy atom. The second-order valence-corrected chi connectivity index (χ2v) is 5.85. The normalized spacial score (nSPS) is 12.2. The minimum absolute atomic E-state index is 0.216. The largest absolute Gasteiger partial charge is 0.497 e. The number of benzene rings is 2. The Labute approximate surface area is 133 Å². The molecular formula is C16H17BrClNO. The average Bonchev–Trinajstić information content (AvgIpc) is 2.45. The van der Waals surface area contributed by atoms with E-state index in [2.05, 4.69) is 33.4 Å². The van der Waals surface area contributed by atoms with E-state index in [9.17, 15) is 0 Å². The second-order valence-electron chi connectivity index (χ2n) is 4.56. The summed E-state index contributed by atoms with van der Waals surface area (Å²) in [6.45, 7) is 0. The maximum atomic E-state index is 6.04. The number of nitrogens with one attached hydrogen (secondary N) is 1. The van der Waals surface area contributed by atoms with E-state index in [1.54, 1.807) is 7.11 Å². The lowest BCUT2D eigenvalue weighted by Crippen LogP contribution is -2.19. The maximum Gasteiger partial charge on any atom is 0.120 e. The lowest BCUT2D eigenvalue weighted by Gasteiger charge is -2.19. The van der Waals surface area contributed by atoms with Crippen molar-refractivity contribution in [2.24, 2.45) is 0 Å². The van der Waals surface area contributed by atoms with Crippen LogP contribution in [0.5, 0.6) is 5.75 Å². The van der Waals surface area contributed by atoms with Gasteiger partial charge in [-0.3, -0.25) is 0 Å². The van der Waals surface area contributed by atoms with E-state index in [-0.39, 0.29) is 6.04 Å². The van der Waals surface area contributed by atoms with Crippen molar-refractivity contribution in [1.82, 2.24) is 5.32 Å². The van der Waals surface area contributed by atoms with Crippen LogP contribution in [0.2, 0.25) is 5.02 Å². The number of hydrogen-bond acceptors (Lipinski definition) is 2. The summed E-state index contributed by atoms with van der Waals surface area (Å²) in [6.07, 6.45) is 0.877. The fraction of sp³-hybridized carbons (Fsp3) is 0.250. The fourth-order valence-electron chi connectivity index (χ4n) is 2.18. The smallest absolute Gasteiger partial charge is 0.120 e. The molecular weight excluding hydrogens is 338 g/mol. The van der Waals surface area contributed by atoms with Gasteiger partial charge >= 0.3 is 0 Å². The van der Waals surface area contributed by atoms with Crippen molar-refractivity contribution in [3.8, 4) is 5.75 Å². The van der Waals surface area contributed by atoms with E-state index in [0.717, 1.165) is 21.7 Å². The van der Waals surface area contributed by atoms with Gasteiger partial charge in [0.25, 0.3) is 0 Å². The molecule has 1 N–H and O–H groups in total. The second kappa shape index (κ2) is 7.11. The van der Waals surface area contributed by atoms with Crippen LogP contribution in [-0.2, 0) is 6.42 Å². The first kappa shape index (κ1) is 15.4. The Hall–Kier alpha value is -1.03. The van der Waals surface area contributed by atoms with Crippen LogP contribution in [0.25, 0.3) is 0 Å². The molecule has 106 valence electrons. The van der Waals surface area contributed by atoms with Gasteiger partial charge in [0.1, 0.15) is 5.75 Å².